The molecule has 0 saturated heterocycles. The number of hydrogen-bond acceptors (Lipinski definition) is 3. The largest absolute Gasteiger partial charge is 0.354 e. The number of carbonyl (C=O) groups excluding carboxylic acids is 2. The standard InChI is InChI=1S/C16H21N3O2/c1-12(2)19-15(20)8-10-18-16(21)14-7-3-5-13(11-14)6-4-9-17/h3,5,7,11-12H,8-10,17H2,1-2H3,(H,18,21)(H,19,20). The van der Waals surface area contributed by atoms with Crippen LogP contribution in [-0.2, 0) is 4.79 Å². The van der Waals surface area contributed by atoms with Crippen LogP contribution < -0.4 is 16.4 Å². The molecule has 0 aromatic heterocycles. The Morgan fingerprint density at radius 2 is 2.10 bits per heavy atom. The fourth-order valence-corrected chi connectivity index (χ4v) is 1.68. The summed E-state index contributed by atoms with van der Waals surface area (Å²) in [4.78, 5) is 23.4. The summed E-state index contributed by atoms with van der Waals surface area (Å²) >= 11 is 0. The van der Waals surface area contributed by atoms with E-state index in [0.717, 1.165) is 5.56 Å². The van der Waals surface area contributed by atoms with Gasteiger partial charge in [-0.25, -0.2) is 0 Å². The first-order chi connectivity index (χ1) is 10.0. The van der Waals surface area contributed by atoms with E-state index >= 15 is 0 Å². The fraction of sp³-hybridized carbons (Fsp3) is 0.375. The monoisotopic (exact) mass is 287 g/mol. The predicted molar refractivity (Wildman–Crippen MR) is 82.6 cm³/mol. The number of rotatable bonds is 5. The summed E-state index contributed by atoms with van der Waals surface area (Å²) in [6.07, 6.45) is 0.261. The van der Waals surface area contributed by atoms with Gasteiger partial charge in [-0.2, -0.15) is 0 Å². The molecule has 0 aliphatic heterocycles. The molecule has 1 rings (SSSR count). The Labute approximate surface area is 125 Å². The number of amides is 2. The van der Waals surface area contributed by atoms with Gasteiger partial charge in [-0.05, 0) is 32.0 Å². The third-order valence-corrected chi connectivity index (χ3v) is 2.55. The maximum Gasteiger partial charge on any atom is 0.251 e. The molecule has 2 amide bonds. The minimum atomic E-state index is -0.219. The molecule has 4 N–H and O–H groups in total. The van der Waals surface area contributed by atoms with Crippen LogP contribution in [0.4, 0.5) is 0 Å². The lowest BCUT2D eigenvalue weighted by Gasteiger charge is -2.09. The molecule has 0 unspecified atom stereocenters. The summed E-state index contributed by atoms with van der Waals surface area (Å²) in [6, 6.07) is 7.09. The SMILES string of the molecule is CC(C)NC(=O)CCNC(=O)c1cccc(C#CCN)c1. The number of nitrogens with one attached hydrogen (secondary N) is 2. The maximum absolute atomic E-state index is 12.0. The van der Waals surface area contributed by atoms with Gasteiger partial charge in [0.1, 0.15) is 0 Å². The van der Waals surface area contributed by atoms with Gasteiger partial charge in [0.05, 0.1) is 6.54 Å². The minimum absolute atomic E-state index is 0.0761. The summed E-state index contributed by atoms with van der Waals surface area (Å²) in [5.74, 6) is 5.32. The highest BCUT2D eigenvalue weighted by Gasteiger charge is 2.07. The minimum Gasteiger partial charge on any atom is -0.354 e. The molecule has 0 aliphatic carbocycles. The normalized spacial score (nSPS) is 9.71. The van der Waals surface area contributed by atoms with Crippen LogP contribution in [0.1, 0.15) is 36.2 Å². The molecule has 0 aliphatic rings. The smallest absolute Gasteiger partial charge is 0.251 e. The average Bonchev–Trinajstić information content (AvgIpc) is 2.44. The van der Waals surface area contributed by atoms with E-state index in [9.17, 15) is 9.59 Å². The second-order valence-corrected chi connectivity index (χ2v) is 4.81. The molecular weight excluding hydrogens is 266 g/mol. The van der Waals surface area contributed by atoms with Gasteiger partial charge in [0, 0.05) is 30.1 Å². The van der Waals surface area contributed by atoms with Gasteiger partial charge in [-0.3, -0.25) is 9.59 Å². The van der Waals surface area contributed by atoms with Crippen LogP contribution in [0.3, 0.4) is 0 Å². The topological polar surface area (TPSA) is 84.2 Å². The molecule has 0 spiro atoms. The Morgan fingerprint density at radius 3 is 2.76 bits per heavy atom. The van der Waals surface area contributed by atoms with E-state index in [1.165, 1.54) is 0 Å². The van der Waals surface area contributed by atoms with Crippen LogP contribution in [0.25, 0.3) is 0 Å². The Kier molecular flexibility index (Phi) is 6.99. The zero-order valence-corrected chi connectivity index (χ0v) is 12.4. The van der Waals surface area contributed by atoms with Gasteiger partial charge in [-0.1, -0.05) is 17.9 Å². The third-order valence-electron chi connectivity index (χ3n) is 2.55. The van der Waals surface area contributed by atoms with E-state index in [4.69, 9.17) is 5.73 Å². The summed E-state index contributed by atoms with van der Waals surface area (Å²) < 4.78 is 0. The van der Waals surface area contributed by atoms with Gasteiger partial charge in [0.2, 0.25) is 5.91 Å². The molecule has 1 aromatic carbocycles. The van der Waals surface area contributed by atoms with E-state index < -0.39 is 0 Å². The van der Waals surface area contributed by atoms with Crippen molar-refractivity contribution in [1.29, 1.82) is 0 Å². The number of nitrogens with two attached hydrogens (primary N) is 1. The van der Waals surface area contributed by atoms with Crippen LogP contribution in [0.2, 0.25) is 0 Å². The molecule has 5 nitrogen and oxygen atoms in total. The third kappa shape index (κ3) is 6.59. The second kappa shape index (κ2) is 8.77. The summed E-state index contributed by atoms with van der Waals surface area (Å²) in [6.45, 7) is 4.37. The second-order valence-electron chi connectivity index (χ2n) is 4.81. The zero-order chi connectivity index (χ0) is 15.7. The van der Waals surface area contributed by atoms with E-state index in [1.54, 1.807) is 18.2 Å². The fourth-order valence-electron chi connectivity index (χ4n) is 1.68. The lowest BCUT2D eigenvalue weighted by molar-refractivity contribution is -0.121. The van der Waals surface area contributed by atoms with Crippen molar-refractivity contribution in [3.63, 3.8) is 0 Å². The van der Waals surface area contributed by atoms with Crippen molar-refractivity contribution in [1.82, 2.24) is 10.6 Å². The number of carbonyl (C=O) groups is 2. The van der Waals surface area contributed by atoms with Gasteiger partial charge >= 0.3 is 0 Å². The molecule has 1 aromatic rings. The molecule has 0 radical (unpaired) electrons. The van der Waals surface area contributed by atoms with Crippen molar-refractivity contribution in [3.05, 3.63) is 35.4 Å². The summed E-state index contributed by atoms with van der Waals surface area (Å²) in [5.41, 5.74) is 6.57. The van der Waals surface area contributed by atoms with Gasteiger partial charge in [0.25, 0.3) is 5.91 Å². The Balaban J connectivity index is 2.50. The zero-order valence-electron chi connectivity index (χ0n) is 12.4. The highest BCUT2D eigenvalue weighted by atomic mass is 16.2. The molecule has 0 heterocycles. The van der Waals surface area contributed by atoms with Crippen molar-refractivity contribution in [2.45, 2.75) is 26.3 Å². The quantitative estimate of drug-likeness (QED) is 0.695. The molecule has 5 heteroatoms. The highest BCUT2D eigenvalue weighted by molar-refractivity contribution is 5.94. The van der Waals surface area contributed by atoms with Crippen LogP contribution in [0, 0.1) is 11.8 Å². The van der Waals surface area contributed by atoms with Crippen molar-refractivity contribution in [3.8, 4) is 11.8 Å². The van der Waals surface area contributed by atoms with Crippen molar-refractivity contribution in [2.75, 3.05) is 13.1 Å². The van der Waals surface area contributed by atoms with Gasteiger partial charge in [-0.15, -0.1) is 0 Å². The van der Waals surface area contributed by atoms with Crippen LogP contribution in [0.5, 0.6) is 0 Å². The van der Waals surface area contributed by atoms with E-state index in [2.05, 4.69) is 22.5 Å². The molecule has 21 heavy (non-hydrogen) atoms. The lowest BCUT2D eigenvalue weighted by atomic mass is 10.1. The Morgan fingerprint density at radius 1 is 1.33 bits per heavy atom. The van der Waals surface area contributed by atoms with Crippen molar-refractivity contribution in [2.24, 2.45) is 5.73 Å². The van der Waals surface area contributed by atoms with Crippen molar-refractivity contribution >= 4 is 11.8 Å². The van der Waals surface area contributed by atoms with E-state index in [0.29, 0.717) is 12.1 Å². The van der Waals surface area contributed by atoms with E-state index in [1.807, 2.05) is 19.9 Å². The number of hydrogen-bond donors (Lipinski definition) is 3. The molecule has 0 bridgehead atoms. The molecule has 0 atom stereocenters. The first-order valence-electron chi connectivity index (χ1n) is 6.89. The summed E-state index contributed by atoms with van der Waals surface area (Å²) in [5, 5.41) is 5.48. The van der Waals surface area contributed by atoms with Crippen LogP contribution in [-0.4, -0.2) is 30.9 Å². The van der Waals surface area contributed by atoms with Crippen LogP contribution >= 0.6 is 0 Å². The highest BCUT2D eigenvalue weighted by Crippen LogP contribution is 2.04. The van der Waals surface area contributed by atoms with E-state index in [-0.39, 0.29) is 30.8 Å². The molecule has 0 saturated carbocycles. The maximum atomic E-state index is 12.0. The Hall–Kier alpha value is -2.32. The first kappa shape index (κ1) is 16.7. The van der Waals surface area contributed by atoms with Gasteiger partial charge in [0.15, 0.2) is 0 Å². The Bertz CT molecular complexity index is 556. The molecule has 0 fully saturated rings. The van der Waals surface area contributed by atoms with Crippen molar-refractivity contribution < 1.29 is 9.59 Å². The predicted octanol–water partition coefficient (Wildman–Crippen LogP) is 0.641. The van der Waals surface area contributed by atoms with Gasteiger partial charge < -0.3 is 16.4 Å². The molecular formula is C16H21N3O2. The lowest BCUT2D eigenvalue weighted by Crippen LogP contribution is -2.34. The summed E-state index contributed by atoms with van der Waals surface area (Å²) in [7, 11) is 0. The van der Waals surface area contributed by atoms with Crippen LogP contribution in [0.15, 0.2) is 24.3 Å². The molecule has 112 valence electrons. The first-order valence-corrected chi connectivity index (χ1v) is 6.89. The average molecular weight is 287 g/mol. The number of benzene rings is 1.